The van der Waals surface area contributed by atoms with E-state index in [0.717, 1.165) is 38.5 Å². The lowest BCUT2D eigenvalue weighted by molar-refractivity contribution is 0.0627. The van der Waals surface area contributed by atoms with Gasteiger partial charge in [0, 0.05) is 32.3 Å². The van der Waals surface area contributed by atoms with Gasteiger partial charge in [-0.15, -0.1) is 5.10 Å². The zero-order chi connectivity index (χ0) is 14.9. The molecule has 0 radical (unpaired) electrons. The Kier molecular flexibility index (Phi) is 4.01. The summed E-state index contributed by atoms with van der Waals surface area (Å²) >= 11 is 0. The van der Waals surface area contributed by atoms with E-state index in [-0.39, 0.29) is 0 Å². The fourth-order valence-electron chi connectivity index (χ4n) is 3.81. The van der Waals surface area contributed by atoms with E-state index in [1.54, 1.807) is 0 Å². The second-order valence-corrected chi connectivity index (χ2v) is 7.01. The molecule has 1 aromatic rings. The first kappa shape index (κ1) is 14.4. The van der Waals surface area contributed by atoms with Crippen LogP contribution in [0.3, 0.4) is 0 Å². The Morgan fingerprint density at radius 3 is 2.91 bits per heavy atom. The molecule has 0 aromatic carbocycles. The van der Waals surface area contributed by atoms with Crippen LogP contribution < -0.4 is 4.90 Å². The van der Waals surface area contributed by atoms with Gasteiger partial charge in [0.25, 0.3) is 0 Å². The number of likely N-dealkylation sites (N-methyl/N-ethyl adjacent to an activating group) is 1. The molecule has 5 heteroatoms. The zero-order valence-electron chi connectivity index (χ0n) is 13.5. The van der Waals surface area contributed by atoms with Crippen LogP contribution in [0, 0.1) is 0 Å². The monoisotopic (exact) mass is 302 g/mol. The standard InChI is InChI=1S/C17H26N4O/c1-20(12-15-6-4-8-22-15)14-10-21(11-14)17-9-13-5-2-3-7-16(13)18-19-17/h9,14-15H,2-8,10-12H2,1H3. The van der Waals surface area contributed by atoms with Gasteiger partial charge in [0.2, 0.25) is 0 Å². The SMILES string of the molecule is CN(CC1CCCO1)C1CN(c2cc3c(nn2)CCCC3)C1. The van der Waals surface area contributed by atoms with E-state index in [4.69, 9.17) is 4.74 Å². The van der Waals surface area contributed by atoms with Gasteiger partial charge in [0.15, 0.2) is 5.82 Å². The van der Waals surface area contributed by atoms with Crippen molar-refractivity contribution in [2.75, 3.05) is 38.2 Å². The van der Waals surface area contributed by atoms with E-state index in [9.17, 15) is 0 Å². The van der Waals surface area contributed by atoms with Crippen molar-refractivity contribution in [2.45, 2.75) is 50.7 Å². The zero-order valence-corrected chi connectivity index (χ0v) is 13.5. The first-order valence-electron chi connectivity index (χ1n) is 8.72. The van der Waals surface area contributed by atoms with E-state index in [1.165, 1.54) is 43.4 Å². The Balaban J connectivity index is 1.32. The summed E-state index contributed by atoms with van der Waals surface area (Å²) in [5.41, 5.74) is 2.65. The summed E-state index contributed by atoms with van der Waals surface area (Å²) in [6.07, 6.45) is 7.73. The molecule has 5 nitrogen and oxygen atoms in total. The molecule has 0 N–H and O–H groups in total. The van der Waals surface area contributed by atoms with Gasteiger partial charge >= 0.3 is 0 Å². The minimum Gasteiger partial charge on any atom is -0.377 e. The predicted octanol–water partition coefficient (Wildman–Crippen LogP) is 1.65. The topological polar surface area (TPSA) is 41.5 Å². The Morgan fingerprint density at radius 2 is 2.09 bits per heavy atom. The van der Waals surface area contributed by atoms with Crippen molar-refractivity contribution in [2.24, 2.45) is 0 Å². The van der Waals surface area contributed by atoms with E-state index in [0.29, 0.717) is 12.1 Å². The first-order valence-corrected chi connectivity index (χ1v) is 8.72. The van der Waals surface area contributed by atoms with Crippen molar-refractivity contribution in [3.8, 4) is 0 Å². The first-order chi connectivity index (χ1) is 10.8. The highest BCUT2D eigenvalue weighted by molar-refractivity contribution is 5.45. The fraction of sp³-hybridized carbons (Fsp3) is 0.765. The van der Waals surface area contributed by atoms with Crippen molar-refractivity contribution < 1.29 is 4.74 Å². The lowest BCUT2D eigenvalue weighted by atomic mass is 9.96. The normalized spacial score (nSPS) is 25.4. The van der Waals surface area contributed by atoms with Crippen molar-refractivity contribution in [1.82, 2.24) is 15.1 Å². The van der Waals surface area contributed by atoms with E-state index in [1.807, 2.05) is 0 Å². The number of nitrogens with zero attached hydrogens (tertiary/aromatic N) is 4. The third kappa shape index (κ3) is 2.84. The number of ether oxygens (including phenoxy) is 1. The van der Waals surface area contributed by atoms with Crippen LogP contribution in [0.1, 0.15) is 36.9 Å². The smallest absolute Gasteiger partial charge is 0.151 e. The maximum absolute atomic E-state index is 5.74. The van der Waals surface area contributed by atoms with Gasteiger partial charge in [-0.2, -0.15) is 5.10 Å². The molecule has 1 unspecified atom stereocenters. The van der Waals surface area contributed by atoms with Crippen LogP contribution in [0.15, 0.2) is 6.07 Å². The van der Waals surface area contributed by atoms with Gasteiger partial charge in [-0.1, -0.05) is 0 Å². The summed E-state index contributed by atoms with van der Waals surface area (Å²) in [7, 11) is 2.22. The third-order valence-electron chi connectivity index (χ3n) is 5.38. The van der Waals surface area contributed by atoms with Gasteiger partial charge in [-0.3, -0.25) is 4.90 Å². The van der Waals surface area contributed by atoms with Crippen LogP contribution in [0.5, 0.6) is 0 Å². The van der Waals surface area contributed by atoms with Crippen LogP contribution in [0.4, 0.5) is 5.82 Å². The van der Waals surface area contributed by atoms with Crippen molar-refractivity contribution in [3.63, 3.8) is 0 Å². The molecular formula is C17H26N4O. The number of hydrogen-bond acceptors (Lipinski definition) is 5. The van der Waals surface area contributed by atoms with E-state index in [2.05, 4.69) is 33.1 Å². The molecule has 1 aliphatic carbocycles. The number of rotatable bonds is 4. The third-order valence-corrected chi connectivity index (χ3v) is 5.38. The van der Waals surface area contributed by atoms with Crippen LogP contribution in [-0.2, 0) is 17.6 Å². The molecule has 22 heavy (non-hydrogen) atoms. The van der Waals surface area contributed by atoms with Gasteiger partial charge < -0.3 is 9.64 Å². The molecule has 0 saturated carbocycles. The molecule has 3 heterocycles. The van der Waals surface area contributed by atoms with E-state index >= 15 is 0 Å². The molecule has 2 fully saturated rings. The molecule has 2 saturated heterocycles. The van der Waals surface area contributed by atoms with Gasteiger partial charge in [0.1, 0.15) is 0 Å². The van der Waals surface area contributed by atoms with Crippen molar-refractivity contribution >= 4 is 5.82 Å². The molecule has 0 bridgehead atoms. The average Bonchev–Trinajstić information content (AvgIpc) is 2.98. The van der Waals surface area contributed by atoms with Crippen molar-refractivity contribution in [3.05, 3.63) is 17.3 Å². The predicted molar refractivity (Wildman–Crippen MR) is 86.3 cm³/mol. The maximum Gasteiger partial charge on any atom is 0.151 e. The molecule has 120 valence electrons. The fourth-order valence-corrected chi connectivity index (χ4v) is 3.81. The average molecular weight is 302 g/mol. The second kappa shape index (κ2) is 6.13. The molecule has 4 rings (SSSR count). The van der Waals surface area contributed by atoms with Crippen molar-refractivity contribution in [1.29, 1.82) is 0 Å². The number of aryl methyl sites for hydroxylation is 2. The summed E-state index contributed by atoms with van der Waals surface area (Å²) in [4.78, 5) is 4.82. The quantitative estimate of drug-likeness (QED) is 0.846. The number of fused-ring (bicyclic) bond motifs is 1. The van der Waals surface area contributed by atoms with Crippen LogP contribution in [-0.4, -0.2) is 60.5 Å². The summed E-state index contributed by atoms with van der Waals surface area (Å²) in [6.45, 7) is 4.14. The Morgan fingerprint density at radius 1 is 1.23 bits per heavy atom. The molecule has 2 aliphatic heterocycles. The molecule has 0 amide bonds. The number of aromatic nitrogens is 2. The van der Waals surface area contributed by atoms with Gasteiger partial charge in [-0.05, 0) is 57.2 Å². The lowest BCUT2D eigenvalue weighted by Crippen LogP contribution is -2.59. The highest BCUT2D eigenvalue weighted by atomic mass is 16.5. The summed E-state index contributed by atoms with van der Waals surface area (Å²) in [6, 6.07) is 2.90. The summed E-state index contributed by atoms with van der Waals surface area (Å²) in [5.74, 6) is 1.07. The maximum atomic E-state index is 5.74. The summed E-state index contributed by atoms with van der Waals surface area (Å²) in [5, 5.41) is 8.89. The highest BCUT2D eigenvalue weighted by Gasteiger charge is 2.33. The Labute approximate surface area is 132 Å². The Bertz CT molecular complexity index is 523. The minimum atomic E-state index is 0.447. The Hall–Kier alpha value is -1.20. The van der Waals surface area contributed by atoms with Crippen LogP contribution in [0.2, 0.25) is 0 Å². The van der Waals surface area contributed by atoms with Crippen LogP contribution >= 0.6 is 0 Å². The highest BCUT2D eigenvalue weighted by Crippen LogP contribution is 2.26. The molecular weight excluding hydrogens is 276 g/mol. The van der Waals surface area contributed by atoms with Crippen LogP contribution in [0.25, 0.3) is 0 Å². The largest absolute Gasteiger partial charge is 0.377 e. The second-order valence-electron chi connectivity index (χ2n) is 7.01. The number of hydrogen-bond donors (Lipinski definition) is 0. The summed E-state index contributed by atoms with van der Waals surface area (Å²) < 4.78 is 5.74. The molecule has 3 aliphatic rings. The lowest BCUT2D eigenvalue weighted by Gasteiger charge is -2.45. The van der Waals surface area contributed by atoms with E-state index < -0.39 is 0 Å². The molecule has 1 aromatic heterocycles. The van der Waals surface area contributed by atoms with Gasteiger partial charge in [-0.25, -0.2) is 0 Å². The van der Waals surface area contributed by atoms with Gasteiger partial charge in [0.05, 0.1) is 11.8 Å². The molecule has 0 spiro atoms. The number of anilines is 1. The minimum absolute atomic E-state index is 0.447. The molecule has 1 atom stereocenters.